The normalized spacial score (nSPS) is 10.5. The Balaban J connectivity index is 2.65. The zero-order valence-electron chi connectivity index (χ0n) is 12.2. The average molecular weight is 263 g/mol. The van der Waals surface area contributed by atoms with Gasteiger partial charge >= 0.3 is 0 Å². The number of carbonyl (C=O) groups excluding carboxylic acids is 1. The van der Waals surface area contributed by atoms with E-state index in [1.807, 2.05) is 0 Å². The number of nitrogens with zero attached hydrogens (tertiary/aromatic N) is 1. The molecule has 0 aliphatic rings. The van der Waals surface area contributed by atoms with Crippen LogP contribution in [-0.4, -0.2) is 24.0 Å². The summed E-state index contributed by atoms with van der Waals surface area (Å²) < 4.78 is 0. The van der Waals surface area contributed by atoms with Gasteiger partial charge in [0.15, 0.2) is 0 Å². The van der Waals surface area contributed by atoms with Crippen LogP contribution < -0.4 is 10.6 Å². The van der Waals surface area contributed by atoms with Crippen LogP contribution >= 0.6 is 0 Å². The van der Waals surface area contributed by atoms with E-state index in [1.54, 1.807) is 18.5 Å². The second kappa shape index (κ2) is 8.51. The molecule has 0 bridgehead atoms. The number of amides is 1. The highest BCUT2D eigenvalue weighted by atomic mass is 16.1. The summed E-state index contributed by atoms with van der Waals surface area (Å²) in [4.78, 5) is 16.3. The summed E-state index contributed by atoms with van der Waals surface area (Å²) in [6, 6.07) is 1.76. The third-order valence-corrected chi connectivity index (χ3v) is 3.34. The lowest BCUT2D eigenvalue weighted by Gasteiger charge is -2.15. The van der Waals surface area contributed by atoms with Crippen molar-refractivity contribution in [1.82, 2.24) is 10.3 Å². The SMILES string of the molecule is CCCNc1cnccc1C(=O)NCC(CC)CC. The topological polar surface area (TPSA) is 54.0 Å². The molecule has 1 amide bonds. The molecule has 1 rings (SSSR count). The number of aromatic nitrogens is 1. The first-order valence-corrected chi connectivity index (χ1v) is 7.18. The number of hydrogen-bond donors (Lipinski definition) is 2. The Kier molecular flexibility index (Phi) is 6.93. The van der Waals surface area contributed by atoms with Crippen molar-refractivity contribution in [1.29, 1.82) is 0 Å². The molecule has 0 atom stereocenters. The molecule has 0 spiro atoms. The van der Waals surface area contributed by atoms with Crippen LogP contribution in [0, 0.1) is 5.92 Å². The van der Waals surface area contributed by atoms with E-state index in [1.165, 1.54) is 0 Å². The number of pyridine rings is 1. The Bertz CT molecular complexity index is 389. The molecule has 1 aromatic heterocycles. The molecule has 2 N–H and O–H groups in total. The van der Waals surface area contributed by atoms with Crippen LogP contribution in [0.3, 0.4) is 0 Å². The molecule has 0 fully saturated rings. The summed E-state index contributed by atoms with van der Waals surface area (Å²) in [5.41, 5.74) is 1.49. The van der Waals surface area contributed by atoms with Gasteiger partial charge in [-0.2, -0.15) is 0 Å². The molecule has 0 aliphatic heterocycles. The van der Waals surface area contributed by atoms with Crippen LogP contribution in [0.2, 0.25) is 0 Å². The minimum atomic E-state index is -0.0205. The fraction of sp³-hybridized carbons (Fsp3) is 0.600. The fourth-order valence-corrected chi connectivity index (χ4v) is 1.90. The van der Waals surface area contributed by atoms with E-state index >= 15 is 0 Å². The molecular formula is C15H25N3O. The van der Waals surface area contributed by atoms with E-state index in [4.69, 9.17) is 0 Å². The van der Waals surface area contributed by atoms with E-state index in [-0.39, 0.29) is 5.91 Å². The fourth-order valence-electron chi connectivity index (χ4n) is 1.90. The first kappa shape index (κ1) is 15.5. The van der Waals surface area contributed by atoms with E-state index in [2.05, 4.69) is 36.4 Å². The van der Waals surface area contributed by atoms with Gasteiger partial charge in [-0.1, -0.05) is 33.6 Å². The second-order valence-electron chi connectivity index (χ2n) is 4.74. The summed E-state index contributed by atoms with van der Waals surface area (Å²) in [5.74, 6) is 0.533. The standard InChI is InChI=1S/C15H25N3O/c1-4-8-17-14-11-16-9-7-13(14)15(19)18-10-12(5-2)6-3/h7,9,11-12,17H,4-6,8,10H2,1-3H3,(H,18,19). The van der Waals surface area contributed by atoms with E-state index in [0.29, 0.717) is 11.5 Å². The van der Waals surface area contributed by atoms with E-state index in [0.717, 1.165) is 38.0 Å². The van der Waals surface area contributed by atoms with Crippen LogP contribution in [0.1, 0.15) is 50.4 Å². The molecule has 0 radical (unpaired) electrons. The van der Waals surface area contributed by atoms with Gasteiger partial charge in [-0.3, -0.25) is 9.78 Å². The number of rotatable bonds is 8. The van der Waals surface area contributed by atoms with Crippen LogP contribution in [0.25, 0.3) is 0 Å². The maximum absolute atomic E-state index is 12.2. The summed E-state index contributed by atoms with van der Waals surface area (Å²) in [6.45, 7) is 7.98. The van der Waals surface area contributed by atoms with Crippen molar-refractivity contribution in [3.05, 3.63) is 24.0 Å². The zero-order valence-corrected chi connectivity index (χ0v) is 12.2. The van der Waals surface area contributed by atoms with Gasteiger partial charge in [-0.05, 0) is 18.4 Å². The lowest BCUT2D eigenvalue weighted by Crippen LogP contribution is -2.29. The average Bonchev–Trinajstić information content (AvgIpc) is 2.46. The molecule has 1 aromatic rings. The first-order valence-electron chi connectivity index (χ1n) is 7.18. The number of anilines is 1. The highest BCUT2D eigenvalue weighted by Gasteiger charge is 2.12. The molecule has 0 saturated heterocycles. The highest BCUT2D eigenvalue weighted by molar-refractivity contribution is 5.99. The number of nitrogens with one attached hydrogen (secondary N) is 2. The van der Waals surface area contributed by atoms with Gasteiger partial charge in [0.05, 0.1) is 17.4 Å². The summed E-state index contributed by atoms with van der Waals surface area (Å²) in [5, 5.41) is 6.25. The maximum atomic E-state index is 12.2. The highest BCUT2D eigenvalue weighted by Crippen LogP contribution is 2.14. The molecule has 0 aliphatic carbocycles. The van der Waals surface area contributed by atoms with E-state index < -0.39 is 0 Å². The third-order valence-electron chi connectivity index (χ3n) is 3.34. The lowest BCUT2D eigenvalue weighted by atomic mass is 10.0. The molecule has 1 heterocycles. The van der Waals surface area contributed by atoms with Crippen molar-refractivity contribution in [2.45, 2.75) is 40.0 Å². The van der Waals surface area contributed by atoms with Gasteiger partial charge in [0, 0.05) is 19.3 Å². The zero-order chi connectivity index (χ0) is 14.1. The van der Waals surface area contributed by atoms with Crippen molar-refractivity contribution < 1.29 is 4.79 Å². The quantitative estimate of drug-likeness (QED) is 0.758. The number of hydrogen-bond acceptors (Lipinski definition) is 3. The van der Waals surface area contributed by atoms with Gasteiger partial charge in [-0.15, -0.1) is 0 Å². The number of carbonyl (C=O) groups is 1. The van der Waals surface area contributed by atoms with Gasteiger partial charge in [0.1, 0.15) is 0 Å². The van der Waals surface area contributed by atoms with Crippen molar-refractivity contribution in [2.24, 2.45) is 5.92 Å². The predicted octanol–water partition coefficient (Wildman–Crippen LogP) is 3.07. The molecule has 106 valence electrons. The van der Waals surface area contributed by atoms with Crippen molar-refractivity contribution in [3.8, 4) is 0 Å². The molecule has 0 aromatic carbocycles. The predicted molar refractivity (Wildman–Crippen MR) is 79.4 cm³/mol. The van der Waals surface area contributed by atoms with Crippen LogP contribution in [0.4, 0.5) is 5.69 Å². The van der Waals surface area contributed by atoms with Crippen LogP contribution in [-0.2, 0) is 0 Å². The molecule has 0 saturated carbocycles. The Morgan fingerprint density at radius 3 is 2.68 bits per heavy atom. The molecule has 19 heavy (non-hydrogen) atoms. The monoisotopic (exact) mass is 263 g/mol. The van der Waals surface area contributed by atoms with Crippen molar-refractivity contribution in [2.75, 3.05) is 18.4 Å². The Morgan fingerprint density at radius 1 is 1.32 bits per heavy atom. The lowest BCUT2D eigenvalue weighted by molar-refractivity contribution is 0.0947. The summed E-state index contributed by atoms with van der Waals surface area (Å²) in [7, 11) is 0. The molecule has 0 unspecified atom stereocenters. The van der Waals surface area contributed by atoms with Crippen molar-refractivity contribution >= 4 is 11.6 Å². The maximum Gasteiger partial charge on any atom is 0.253 e. The molecule has 4 heteroatoms. The minimum Gasteiger partial charge on any atom is -0.383 e. The third kappa shape index (κ3) is 4.89. The van der Waals surface area contributed by atoms with Crippen LogP contribution in [0.5, 0.6) is 0 Å². The Morgan fingerprint density at radius 2 is 2.05 bits per heavy atom. The van der Waals surface area contributed by atoms with Gasteiger partial charge in [0.25, 0.3) is 5.91 Å². The Hall–Kier alpha value is -1.58. The summed E-state index contributed by atoms with van der Waals surface area (Å²) >= 11 is 0. The van der Waals surface area contributed by atoms with Gasteiger partial charge < -0.3 is 10.6 Å². The van der Waals surface area contributed by atoms with Crippen LogP contribution in [0.15, 0.2) is 18.5 Å². The minimum absolute atomic E-state index is 0.0205. The first-order chi connectivity index (χ1) is 9.22. The molecule has 4 nitrogen and oxygen atoms in total. The summed E-state index contributed by atoms with van der Waals surface area (Å²) in [6.07, 6.45) is 6.57. The molecular weight excluding hydrogens is 238 g/mol. The van der Waals surface area contributed by atoms with Crippen molar-refractivity contribution in [3.63, 3.8) is 0 Å². The van der Waals surface area contributed by atoms with Gasteiger partial charge in [0.2, 0.25) is 0 Å². The Labute approximate surface area is 116 Å². The largest absolute Gasteiger partial charge is 0.383 e. The smallest absolute Gasteiger partial charge is 0.253 e. The van der Waals surface area contributed by atoms with Gasteiger partial charge in [-0.25, -0.2) is 0 Å². The van der Waals surface area contributed by atoms with E-state index in [9.17, 15) is 4.79 Å². The second-order valence-corrected chi connectivity index (χ2v) is 4.74.